The van der Waals surface area contributed by atoms with Gasteiger partial charge in [-0.05, 0) is 38.5 Å². The molecule has 6 heteroatoms. The van der Waals surface area contributed by atoms with Crippen molar-refractivity contribution in [3.8, 4) is 11.5 Å². The number of ether oxygens (including phenoxy) is 1. The van der Waals surface area contributed by atoms with Crippen LogP contribution in [0.3, 0.4) is 0 Å². The van der Waals surface area contributed by atoms with Gasteiger partial charge in [-0.3, -0.25) is 15.1 Å². The second-order valence-electron chi connectivity index (χ2n) is 5.13. The van der Waals surface area contributed by atoms with Crippen LogP contribution in [0.25, 0.3) is 0 Å². The Hall–Kier alpha value is -2.89. The molecule has 0 aliphatic rings. The molecule has 0 saturated carbocycles. The van der Waals surface area contributed by atoms with Gasteiger partial charge in [-0.1, -0.05) is 17.7 Å². The van der Waals surface area contributed by atoms with Gasteiger partial charge in [-0.2, -0.15) is 0 Å². The Morgan fingerprint density at radius 2 is 2.04 bits per heavy atom. The highest BCUT2D eigenvalue weighted by molar-refractivity contribution is 5.85. The van der Waals surface area contributed by atoms with E-state index in [9.17, 15) is 15.2 Å². The summed E-state index contributed by atoms with van der Waals surface area (Å²) in [6.07, 6.45) is 1.52. The molecule has 120 valence electrons. The van der Waals surface area contributed by atoms with Crippen LogP contribution in [0.5, 0.6) is 11.5 Å². The number of aliphatic imine (C=N–C) groups is 1. The number of phenols is 1. The predicted molar refractivity (Wildman–Crippen MR) is 89.1 cm³/mol. The molecule has 0 bridgehead atoms. The Labute approximate surface area is 134 Å². The molecule has 0 amide bonds. The normalized spacial score (nSPS) is 10.9. The maximum atomic E-state index is 11.0. The Morgan fingerprint density at radius 3 is 2.65 bits per heavy atom. The lowest BCUT2D eigenvalue weighted by atomic mass is 10.1. The molecule has 2 aromatic carbocycles. The van der Waals surface area contributed by atoms with E-state index < -0.39 is 16.4 Å². The van der Waals surface area contributed by atoms with Gasteiger partial charge in [0.25, 0.3) is 0 Å². The summed E-state index contributed by atoms with van der Waals surface area (Å²) in [5.41, 5.74) is 3.01. The molecule has 23 heavy (non-hydrogen) atoms. The highest BCUT2D eigenvalue weighted by Gasteiger charge is 2.19. The number of aryl methyl sites for hydroxylation is 2. The molecule has 0 atom stereocenters. The number of hydrogen-bond donors (Lipinski definition) is 1. The molecule has 6 nitrogen and oxygen atoms in total. The number of rotatable bonds is 5. The molecule has 0 unspecified atom stereocenters. The molecule has 1 N–H and O–H groups in total. The van der Waals surface area contributed by atoms with E-state index in [-0.39, 0.29) is 5.75 Å². The molecule has 0 aliphatic heterocycles. The van der Waals surface area contributed by atoms with Crippen molar-refractivity contribution in [1.29, 1.82) is 0 Å². The summed E-state index contributed by atoms with van der Waals surface area (Å²) in [5, 5.41) is 20.9. The first-order valence-corrected chi connectivity index (χ1v) is 7.18. The smallest absolute Gasteiger partial charge is 0.315 e. The van der Waals surface area contributed by atoms with Crippen LogP contribution >= 0.6 is 0 Å². The van der Waals surface area contributed by atoms with Crippen LogP contribution in [0.4, 0.5) is 11.4 Å². The van der Waals surface area contributed by atoms with Gasteiger partial charge in [0.15, 0.2) is 5.75 Å². The molecule has 0 aliphatic carbocycles. The highest BCUT2D eigenvalue weighted by Crippen LogP contribution is 2.36. The molecule has 0 aromatic heterocycles. The van der Waals surface area contributed by atoms with Crippen molar-refractivity contribution in [1.82, 2.24) is 0 Å². The number of benzene rings is 2. The van der Waals surface area contributed by atoms with Crippen LogP contribution in [-0.4, -0.2) is 22.9 Å². The fourth-order valence-corrected chi connectivity index (χ4v) is 2.19. The van der Waals surface area contributed by atoms with E-state index in [1.165, 1.54) is 18.3 Å². The zero-order valence-electron chi connectivity index (χ0n) is 13.2. The van der Waals surface area contributed by atoms with Crippen molar-refractivity contribution in [3.63, 3.8) is 0 Å². The topological polar surface area (TPSA) is 85.0 Å². The van der Waals surface area contributed by atoms with Crippen molar-refractivity contribution in [2.45, 2.75) is 20.8 Å². The first-order chi connectivity index (χ1) is 10.9. The van der Waals surface area contributed by atoms with E-state index in [2.05, 4.69) is 4.99 Å². The van der Waals surface area contributed by atoms with E-state index >= 15 is 0 Å². The van der Waals surface area contributed by atoms with Crippen molar-refractivity contribution in [2.75, 3.05) is 6.61 Å². The second kappa shape index (κ2) is 6.91. The summed E-state index contributed by atoms with van der Waals surface area (Å²) in [5.74, 6) is -0.399. The number of nitrogens with zero attached hydrogens (tertiary/aromatic N) is 2. The molecular formula is C17H18N2O4. The van der Waals surface area contributed by atoms with E-state index in [0.29, 0.717) is 12.2 Å². The van der Waals surface area contributed by atoms with Gasteiger partial charge < -0.3 is 9.84 Å². The Bertz CT molecular complexity index is 769. The van der Waals surface area contributed by atoms with Crippen molar-refractivity contribution in [2.24, 2.45) is 4.99 Å². The molecule has 2 aromatic rings. The number of phenolic OH excluding ortho intramolecular Hbond substituents is 1. The first kappa shape index (κ1) is 16.5. The Kier molecular flexibility index (Phi) is 4.95. The lowest BCUT2D eigenvalue weighted by molar-refractivity contribution is -0.386. The van der Waals surface area contributed by atoms with Gasteiger partial charge in [0.1, 0.15) is 0 Å². The number of aromatic hydroxyl groups is 1. The monoisotopic (exact) mass is 314 g/mol. The largest absolute Gasteiger partial charge is 0.500 e. The van der Waals surface area contributed by atoms with Crippen LogP contribution in [0.15, 0.2) is 35.3 Å². The van der Waals surface area contributed by atoms with Crippen LogP contribution in [0.1, 0.15) is 23.6 Å². The average Bonchev–Trinajstić information content (AvgIpc) is 2.49. The third kappa shape index (κ3) is 3.85. The van der Waals surface area contributed by atoms with Crippen LogP contribution < -0.4 is 4.74 Å². The molecule has 0 saturated heterocycles. The summed E-state index contributed by atoms with van der Waals surface area (Å²) in [4.78, 5) is 14.8. The lowest BCUT2D eigenvalue weighted by Crippen LogP contribution is -1.97. The summed E-state index contributed by atoms with van der Waals surface area (Å²) in [6, 6.07) is 8.64. The summed E-state index contributed by atoms with van der Waals surface area (Å²) < 4.78 is 5.24. The zero-order chi connectivity index (χ0) is 17.0. The van der Waals surface area contributed by atoms with Crippen LogP contribution in [0, 0.1) is 24.0 Å². The van der Waals surface area contributed by atoms with E-state index in [4.69, 9.17) is 4.74 Å². The van der Waals surface area contributed by atoms with Crippen LogP contribution in [0.2, 0.25) is 0 Å². The highest BCUT2D eigenvalue weighted by atomic mass is 16.6. The quantitative estimate of drug-likeness (QED) is 0.512. The predicted octanol–water partition coefficient (Wildman–Crippen LogP) is 4.07. The average molecular weight is 314 g/mol. The molecule has 0 spiro atoms. The minimum absolute atomic E-state index is 0.0729. The zero-order valence-corrected chi connectivity index (χ0v) is 13.2. The minimum Gasteiger partial charge on any atom is -0.500 e. The van der Waals surface area contributed by atoms with E-state index in [1.807, 2.05) is 32.0 Å². The number of nitro benzene ring substituents is 1. The molecule has 0 heterocycles. The Balaban J connectivity index is 2.42. The maximum Gasteiger partial charge on any atom is 0.315 e. The van der Waals surface area contributed by atoms with Gasteiger partial charge in [-0.15, -0.1) is 0 Å². The number of nitro groups is 1. The van der Waals surface area contributed by atoms with Crippen molar-refractivity contribution < 1.29 is 14.8 Å². The van der Waals surface area contributed by atoms with Gasteiger partial charge in [0, 0.05) is 17.8 Å². The standard InChI is InChI=1S/C17H18N2O4/c1-4-23-16-9-13(8-15(17(16)20)19(21)22)10-18-14-6-5-11(2)7-12(14)3/h5-10,20H,4H2,1-3H3. The molecular weight excluding hydrogens is 296 g/mol. The van der Waals surface area contributed by atoms with Crippen LogP contribution in [-0.2, 0) is 0 Å². The van der Waals surface area contributed by atoms with Gasteiger partial charge in [0.2, 0.25) is 5.75 Å². The fraction of sp³-hybridized carbons (Fsp3) is 0.235. The summed E-state index contributed by atoms with van der Waals surface area (Å²) in [7, 11) is 0. The lowest BCUT2D eigenvalue weighted by Gasteiger charge is -2.07. The fourth-order valence-electron chi connectivity index (χ4n) is 2.19. The molecule has 0 radical (unpaired) electrons. The van der Waals surface area contributed by atoms with Gasteiger partial charge >= 0.3 is 5.69 Å². The van der Waals surface area contributed by atoms with E-state index in [0.717, 1.165) is 16.8 Å². The van der Waals surface area contributed by atoms with Crippen molar-refractivity contribution in [3.05, 3.63) is 57.1 Å². The SMILES string of the molecule is CCOc1cc(C=Nc2ccc(C)cc2C)cc([N+](=O)[O-])c1O. The van der Waals surface area contributed by atoms with E-state index in [1.54, 1.807) is 6.92 Å². The Morgan fingerprint density at radius 1 is 1.30 bits per heavy atom. The van der Waals surface area contributed by atoms with Gasteiger partial charge in [0.05, 0.1) is 17.2 Å². The molecule has 2 rings (SSSR count). The summed E-state index contributed by atoms with van der Waals surface area (Å²) in [6.45, 7) is 5.98. The number of hydrogen-bond acceptors (Lipinski definition) is 5. The minimum atomic E-state index is -0.647. The second-order valence-corrected chi connectivity index (χ2v) is 5.13. The maximum absolute atomic E-state index is 11.0. The van der Waals surface area contributed by atoms with Gasteiger partial charge in [-0.25, -0.2) is 0 Å². The molecule has 0 fully saturated rings. The van der Waals surface area contributed by atoms with Crippen molar-refractivity contribution >= 4 is 17.6 Å². The third-order valence-electron chi connectivity index (χ3n) is 3.28. The summed E-state index contributed by atoms with van der Waals surface area (Å²) >= 11 is 0. The first-order valence-electron chi connectivity index (χ1n) is 7.18. The third-order valence-corrected chi connectivity index (χ3v) is 3.28.